The lowest BCUT2D eigenvalue weighted by molar-refractivity contribution is 0.597. The minimum Gasteiger partial charge on any atom is -0.384 e. The first-order chi connectivity index (χ1) is 12.1. The van der Waals surface area contributed by atoms with E-state index < -0.39 is 10.0 Å². The van der Waals surface area contributed by atoms with E-state index in [1.54, 1.807) is 17.6 Å². The van der Waals surface area contributed by atoms with E-state index in [2.05, 4.69) is 11.1 Å². The third kappa shape index (κ3) is 2.53. The van der Waals surface area contributed by atoms with Gasteiger partial charge in [0, 0.05) is 11.1 Å². The molecule has 8 heteroatoms. The topological polar surface area (TPSA) is 128 Å². The Balaban J connectivity index is 2.54. The molecule has 0 radical (unpaired) electrons. The Morgan fingerprint density at radius 2 is 1.81 bits per heavy atom. The molecule has 26 heavy (non-hydrogen) atoms. The number of aromatic nitrogens is 2. The molecule has 0 atom stereocenters. The summed E-state index contributed by atoms with van der Waals surface area (Å²) in [4.78, 5) is 4.62. The maximum atomic E-state index is 11.9. The molecule has 0 aliphatic heterocycles. The van der Waals surface area contributed by atoms with Gasteiger partial charge in [-0.2, -0.15) is 5.26 Å². The number of hydrogen-bond acceptors (Lipinski definition) is 5. The second kappa shape index (κ2) is 5.83. The van der Waals surface area contributed by atoms with Crippen LogP contribution in [0.25, 0.3) is 16.7 Å². The Morgan fingerprint density at radius 1 is 1.15 bits per heavy atom. The van der Waals surface area contributed by atoms with Gasteiger partial charge in [-0.3, -0.25) is 4.57 Å². The van der Waals surface area contributed by atoms with Gasteiger partial charge in [0.15, 0.2) is 0 Å². The molecule has 3 rings (SSSR count). The molecule has 0 bridgehead atoms. The molecular formula is C18H19N5O2S. The van der Waals surface area contributed by atoms with E-state index in [4.69, 9.17) is 10.9 Å². The second-order valence-electron chi connectivity index (χ2n) is 6.37. The summed E-state index contributed by atoms with van der Waals surface area (Å²) in [6.07, 6.45) is 0. The zero-order valence-electron chi connectivity index (χ0n) is 15.0. The molecule has 0 amide bonds. The van der Waals surface area contributed by atoms with Gasteiger partial charge >= 0.3 is 0 Å². The SMILES string of the molecule is Cc1cc2c(C#N)c(N)n(-c3c(C)ccc(S(N)(=O)=O)c3C)c2nc1C. The highest BCUT2D eigenvalue weighted by atomic mass is 32.2. The average molecular weight is 369 g/mol. The van der Waals surface area contributed by atoms with Crippen LogP contribution in [0.4, 0.5) is 5.82 Å². The summed E-state index contributed by atoms with van der Waals surface area (Å²) in [7, 11) is -3.90. The van der Waals surface area contributed by atoms with Gasteiger partial charge in [0.1, 0.15) is 23.1 Å². The number of hydrogen-bond donors (Lipinski definition) is 2. The van der Waals surface area contributed by atoms with Crippen molar-refractivity contribution in [2.45, 2.75) is 32.6 Å². The van der Waals surface area contributed by atoms with Gasteiger partial charge in [0.05, 0.1) is 10.6 Å². The number of nitrogens with zero attached hydrogens (tertiary/aromatic N) is 3. The number of nitrogen functional groups attached to an aromatic ring is 1. The van der Waals surface area contributed by atoms with E-state index in [0.717, 1.165) is 16.8 Å². The van der Waals surface area contributed by atoms with Crippen molar-refractivity contribution in [1.29, 1.82) is 5.26 Å². The van der Waals surface area contributed by atoms with Gasteiger partial charge in [0.25, 0.3) is 0 Å². The quantitative estimate of drug-likeness (QED) is 0.716. The number of aryl methyl sites for hydroxylation is 3. The average Bonchev–Trinajstić information content (AvgIpc) is 2.78. The van der Waals surface area contributed by atoms with E-state index in [1.807, 2.05) is 26.8 Å². The third-order valence-electron chi connectivity index (χ3n) is 4.65. The van der Waals surface area contributed by atoms with Crippen molar-refractivity contribution in [3.8, 4) is 11.8 Å². The number of benzene rings is 1. The largest absolute Gasteiger partial charge is 0.384 e. The number of sulfonamides is 1. The van der Waals surface area contributed by atoms with Crippen LogP contribution in [-0.4, -0.2) is 18.0 Å². The minimum absolute atomic E-state index is 0.0155. The van der Waals surface area contributed by atoms with Crippen LogP contribution in [0, 0.1) is 39.0 Å². The van der Waals surface area contributed by atoms with Crippen LogP contribution in [0.3, 0.4) is 0 Å². The van der Waals surface area contributed by atoms with Gasteiger partial charge in [-0.05, 0) is 56.5 Å². The lowest BCUT2D eigenvalue weighted by Crippen LogP contribution is -2.16. The first kappa shape index (κ1) is 17.9. The first-order valence-electron chi connectivity index (χ1n) is 7.89. The zero-order valence-corrected chi connectivity index (χ0v) is 15.8. The summed E-state index contributed by atoms with van der Waals surface area (Å²) in [5.74, 6) is 0.220. The fourth-order valence-electron chi connectivity index (χ4n) is 3.22. The number of anilines is 1. The monoisotopic (exact) mass is 369 g/mol. The maximum absolute atomic E-state index is 11.9. The molecule has 0 aliphatic rings. The predicted molar refractivity (Wildman–Crippen MR) is 101 cm³/mol. The van der Waals surface area contributed by atoms with Gasteiger partial charge in [0.2, 0.25) is 10.0 Å². The molecule has 3 aromatic rings. The van der Waals surface area contributed by atoms with Crippen molar-refractivity contribution in [3.05, 3.63) is 46.1 Å². The Morgan fingerprint density at radius 3 is 2.38 bits per heavy atom. The molecular weight excluding hydrogens is 350 g/mol. The summed E-state index contributed by atoms with van der Waals surface area (Å²) < 4.78 is 25.5. The number of pyridine rings is 1. The molecule has 0 saturated carbocycles. The van der Waals surface area contributed by atoms with Crippen LogP contribution in [-0.2, 0) is 10.0 Å². The molecule has 1 aromatic carbocycles. The number of nitrogens with two attached hydrogens (primary N) is 2. The van der Waals surface area contributed by atoms with Crippen molar-refractivity contribution < 1.29 is 8.42 Å². The molecule has 134 valence electrons. The molecule has 0 saturated heterocycles. The highest BCUT2D eigenvalue weighted by Gasteiger charge is 2.23. The second-order valence-corrected chi connectivity index (χ2v) is 7.90. The Labute approximate surface area is 151 Å². The number of nitriles is 1. The summed E-state index contributed by atoms with van der Waals surface area (Å²) >= 11 is 0. The summed E-state index contributed by atoms with van der Waals surface area (Å²) in [5, 5.41) is 15.5. The highest BCUT2D eigenvalue weighted by Crippen LogP contribution is 2.35. The minimum atomic E-state index is -3.90. The van der Waals surface area contributed by atoms with Crippen molar-refractivity contribution in [3.63, 3.8) is 0 Å². The van der Waals surface area contributed by atoms with Crippen molar-refractivity contribution in [1.82, 2.24) is 9.55 Å². The lowest BCUT2D eigenvalue weighted by atomic mass is 10.1. The lowest BCUT2D eigenvalue weighted by Gasteiger charge is -2.16. The number of rotatable bonds is 2. The molecule has 0 spiro atoms. The number of primary sulfonamides is 1. The Kier molecular flexibility index (Phi) is 4.02. The van der Waals surface area contributed by atoms with Crippen LogP contribution in [0.1, 0.15) is 27.9 Å². The maximum Gasteiger partial charge on any atom is 0.238 e. The van der Waals surface area contributed by atoms with E-state index in [0.29, 0.717) is 27.8 Å². The van der Waals surface area contributed by atoms with Gasteiger partial charge in [-0.1, -0.05) is 6.07 Å². The summed E-state index contributed by atoms with van der Waals surface area (Å²) in [6.45, 7) is 7.29. The molecule has 4 N–H and O–H groups in total. The smallest absolute Gasteiger partial charge is 0.238 e. The van der Waals surface area contributed by atoms with E-state index >= 15 is 0 Å². The van der Waals surface area contributed by atoms with Crippen LogP contribution < -0.4 is 10.9 Å². The van der Waals surface area contributed by atoms with E-state index in [1.165, 1.54) is 6.07 Å². The molecule has 7 nitrogen and oxygen atoms in total. The predicted octanol–water partition coefficient (Wildman–Crippen LogP) is 2.36. The molecule has 2 aromatic heterocycles. The molecule has 0 fully saturated rings. The van der Waals surface area contributed by atoms with Crippen LogP contribution in [0.15, 0.2) is 23.1 Å². The summed E-state index contributed by atoms with van der Waals surface area (Å²) in [5.41, 5.74) is 10.7. The van der Waals surface area contributed by atoms with Crippen molar-refractivity contribution >= 4 is 26.9 Å². The molecule has 0 aliphatic carbocycles. The fraction of sp³-hybridized carbons (Fsp3) is 0.222. The van der Waals surface area contributed by atoms with Gasteiger partial charge < -0.3 is 5.73 Å². The van der Waals surface area contributed by atoms with Gasteiger partial charge in [-0.15, -0.1) is 0 Å². The normalized spacial score (nSPS) is 11.7. The highest BCUT2D eigenvalue weighted by molar-refractivity contribution is 7.89. The Bertz CT molecular complexity index is 1220. The van der Waals surface area contributed by atoms with Crippen LogP contribution >= 0.6 is 0 Å². The van der Waals surface area contributed by atoms with Gasteiger partial charge in [-0.25, -0.2) is 18.5 Å². The van der Waals surface area contributed by atoms with Crippen LogP contribution in [0.2, 0.25) is 0 Å². The fourth-order valence-corrected chi connectivity index (χ4v) is 4.01. The summed E-state index contributed by atoms with van der Waals surface area (Å²) in [6, 6.07) is 7.14. The van der Waals surface area contributed by atoms with E-state index in [-0.39, 0.29) is 10.7 Å². The van der Waals surface area contributed by atoms with Crippen molar-refractivity contribution in [2.75, 3.05) is 5.73 Å². The number of fused-ring (bicyclic) bond motifs is 1. The van der Waals surface area contributed by atoms with Crippen molar-refractivity contribution in [2.24, 2.45) is 5.14 Å². The van der Waals surface area contributed by atoms with Crippen LogP contribution in [0.5, 0.6) is 0 Å². The van der Waals surface area contributed by atoms with E-state index in [9.17, 15) is 13.7 Å². The molecule has 0 unspecified atom stereocenters. The zero-order chi connectivity index (χ0) is 19.4. The standard InChI is InChI=1S/C18H19N5O2S/c1-9-5-6-15(26(21,24)25)11(3)16(9)23-17(20)14(8-19)13-7-10(2)12(4)22-18(13)23/h5-7H,20H2,1-4H3,(H2,21,24,25). The Hall–Kier alpha value is -2.89. The molecule has 2 heterocycles. The third-order valence-corrected chi connectivity index (χ3v) is 5.70. The first-order valence-corrected chi connectivity index (χ1v) is 9.44.